The molecule has 0 spiro atoms. The Kier molecular flexibility index (Phi) is 2.45. The molecule has 0 unspecified atom stereocenters. The summed E-state index contributed by atoms with van der Waals surface area (Å²) in [4.78, 5) is 14.1. The molecule has 0 saturated carbocycles. The first kappa shape index (κ1) is 11.4. The standard InChI is InChI=1S/C15H13FN4/c16-10-2-3-13-11(8-10)12-9-20(7-4-14(12)19-13)15-17-5-1-6-18-15/h1-3,5-6,8,19H,4,7,9H2. The Balaban J connectivity index is 1.78. The molecule has 0 aliphatic carbocycles. The summed E-state index contributed by atoms with van der Waals surface area (Å²) in [7, 11) is 0. The van der Waals surface area contributed by atoms with Gasteiger partial charge in [0.15, 0.2) is 0 Å². The zero-order valence-electron chi connectivity index (χ0n) is 10.8. The molecule has 1 aliphatic rings. The predicted molar refractivity (Wildman–Crippen MR) is 75.0 cm³/mol. The van der Waals surface area contributed by atoms with Crippen LogP contribution >= 0.6 is 0 Å². The van der Waals surface area contributed by atoms with Crippen LogP contribution in [0.4, 0.5) is 10.3 Å². The fourth-order valence-electron chi connectivity index (χ4n) is 2.81. The number of anilines is 1. The fourth-order valence-corrected chi connectivity index (χ4v) is 2.81. The first-order valence-electron chi connectivity index (χ1n) is 6.62. The van der Waals surface area contributed by atoms with Crippen LogP contribution in [0.25, 0.3) is 10.9 Å². The van der Waals surface area contributed by atoms with Crippen LogP contribution in [0, 0.1) is 5.82 Å². The second-order valence-corrected chi connectivity index (χ2v) is 4.99. The maximum absolute atomic E-state index is 13.5. The van der Waals surface area contributed by atoms with Crippen LogP contribution in [0.15, 0.2) is 36.7 Å². The summed E-state index contributed by atoms with van der Waals surface area (Å²) >= 11 is 0. The summed E-state index contributed by atoms with van der Waals surface area (Å²) in [6.45, 7) is 1.58. The number of H-pyrrole nitrogens is 1. The summed E-state index contributed by atoms with van der Waals surface area (Å²) in [5, 5.41) is 0.959. The van der Waals surface area contributed by atoms with Gasteiger partial charge in [-0.25, -0.2) is 14.4 Å². The molecule has 0 atom stereocenters. The number of hydrogen-bond donors (Lipinski definition) is 1. The van der Waals surface area contributed by atoms with E-state index >= 15 is 0 Å². The number of hydrogen-bond acceptors (Lipinski definition) is 3. The van der Waals surface area contributed by atoms with Crippen molar-refractivity contribution in [2.75, 3.05) is 11.4 Å². The van der Waals surface area contributed by atoms with Crippen molar-refractivity contribution in [1.29, 1.82) is 0 Å². The lowest BCUT2D eigenvalue weighted by Crippen LogP contribution is -2.31. The van der Waals surface area contributed by atoms with Gasteiger partial charge in [0.2, 0.25) is 5.95 Å². The lowest BCUT2D eigenvalue weighted by atomic mass is 10.0. The first-order chi connectivity index (χ1) is 9.81. The number of nitrogens with zero attached hydrogens (tertiary/aromatic N) is 3. The largest absolute Gasteiger partial charge is 0.358 e. The van der Waals surface area contributed by atoms with E-state index in [1.165, 1.54) is 11.8 Å². The fraction of sp³-hybridized carbons (Fsp3) is 0.200. The van der Waals surface area contributed by atoms with E-state index in [9.17, 15) is 4.39 Å². The van der Waals surface area contributed by atoms with Gasteiger partial charge in [-0.2, -0.15) is 0 Å². The minimum Gasteiger partial charge on any atom is -0.358 e. The molecule has 1 aliphatic heterocycles. The molecule has 0 amide bonds. The zero-order chi connectivity index (χ0) is 13.5. The molecule has 5 heteroatoms. The SMILES string of the molecule is Fc1ccc2[nH]c3c(c2c1)CN(c1ncccn1)CC3. The lowest BCUT2D eigenvalue weighted by Gasteiger charge is -2.27. The number of rotatable bonds is 1. The van der Waals surface area contributed by atoms with Gasteiger partial charge in [-0.3, -0.25) is 0 Å². The summed E-state index contributed by atoms with van der Waals surface area (Å²) in [6.07, 6.45) is 4.38. The molecule has 0 radical (unpaired) electrons. The molecule has 20 heavy (non-hydrogen) atoms. The van der Waals surface area contributed by atoms with E-state index in [0.29, 0.717) is 6.54 Å². The van der Waals surface area contributed by atoms with Crippen LogP contribution < -0.4 is 4.90 Å². The lowest BCUT2D eigenvalue weighted by molar-refractivity contribution is 0.629. The number of nitrogens with one attached hydrogen (secondary N) is 1. The highest BCUT2D eigenvalue weighted by molar-refractivity contribution is 5.85. The minimum absolute atomic E-state index is 0.201. The van der Waals surface area contributed by atoms with Crippen LogP contribution in [0.3, 0.4) is 0 Å². The van der Waals surface area contributed by atoms with E-state index in [4.69, 9.17) is 0 Å². The van der Waals surface area contributed by atoms with Crippen LogP contribution in [0.1, 0.15) is 11.3 Å². The average Bonchev–Trinajstić information content (AvgIpc) is 2.85. The number of fused-ring (bicyclic) bond motifs is 3. The second kappa shape index (κ2) is 4.30. The van der Waals surface area contributed by atoms with Gasteiger partial charge in [-0.1, -0.05) is 0 Å². The van der Waals surface area contributed by atoms with Gasteiger partial charge in [0.1, 0.15) is 5.82 Å². The average molecular weight is 268 g/mol. The maximum atomic E-state index is 13.5. The maximum Gasteiger partial charge on any atom is 0.225 e. The third-order valence-electron chi connectivity index (χ3n) is 3.77. The monoisotopic (exact) mass is 268 g/mol. The van der Waals surface area contributed by atoms with Crippen molar-refractivity contribution in [2.45, 2.75) is 13.0 Å². The van der Waals surface area contributed by atoms with E-state index in [2.05, 4.69) is 19.9 Å². The Hall–Kier alpha value is -2.43. The summed E-state index contributed by atoms with van der Waals surface area (Å²) in [5.74, 6) is 0.524. The molecule has 1 aromatic carbocycles. The van der Waals surface area contributed by atoms with Crippen molar-refractivity contribution in [3.05, 3.63) is 53.7 Å². The van der Waals surface area contributed by atoms with E-state index < -0.39 is 0 Å². The second-order valence-electron chi connectivity index (χ2n) is 4.99. The Morgan fingerprint density at radius 1 is 1.20 bits per heavy atom. The molecule has 1 N–H and O–H groups in total. The van der Waals surface area contributed by atoms with Gasteiger partial charge in [0.05, 0.1) is 0 Å². The van der Waals surface area contributed by atoms with Crippen molar-refractivity contribution in [1.82, 2.24) is 15.0 Å². The topological polar surface area (TPSA) is 44.8 Å². The molecule has 3 heterocycles. The molecular weight excluding hydrogens is 255 g/mol. The van der Waals surface area contributed by atoms with Crippen LogP contribution in [-0.4, -0.2) is 21.5 Å². The third kappa shape index (κ3) is 1.74. The Morgan fingerprint density at radius 2 is 2.05 bits per heavy atom. The van der Waals surface area contributed by atoms with E-state index in [1.807, 2.05) is 0 Å². The van der Waals surface area contributed by atoms with Gasteiger partial charge in [0, 0.05) is 54.1 Å². The molecule has 0 bridgehead atoms. The molecule has 3 aromatic rings. The van der Waals surface area contributed by atoms with Crippen molar-refractivity contribution < 1.29 is 4.39 Å². The number of halogens is 1. The number of benzene rings is 1. The zero-order valence-corrected chi connectivity index (χ0v) is 10.8. The van der Waals surface area contributed by atoms with Crippen LogP contribution in [0.5, 0.6) is 0 Å². The Labute approximate surface area is 115 Å². The molecule has 4 nitrogen and oxygen atoms in total. The van der Waals surface area contributed by atoms with E-state index in [0.717, 1.165) is 35.4 Å². The van der Waals surface area contributed by atoms with Crippen molar-refractivity contribution in [2.24, 2.45) is 0 Å². The molecule has 2 aromatic heterocycles. The summed E-state index contributed by atoms with van der Waals surface area (Å²) in [5.41, 5.74) is 3.34. The highest BCUT2D eigenvalue weighted by atomic mass is 19.1. The first-order valence-corrected chi connectivity index (χ1v) is 6.62. The Morgan fingerprint density at radius 3 is 2.90 bits per heavy atom. The van der Waals surface area contributed by atoms with Crippen LogP contribution in [-0.2, 0) is 13.0 Å². The molecular formula is C15H13FN4. The normalized spacial score (nSPS) is 14.6. The molecule has 4 rings (SSSR count). The highest BCUT2D eigenvalue weighted by Gasteiger charge is 2.22. The molecule has 0 saturated heterocycles. The van der Waals surface area contributed by atoms with Gasteiger partial charge in [-0.15, -0.1) is 0 Å². The smallest absolute Gasteiger partial charge is 0.225 e. The van der Waals surface area contributed by atoms with E-state index in [1.54, 1.807) is 30.6 Å². The predicted octanol–water partition coefficient (Wildman–Crippen LogP) is 2.66. The van der Waals surface area contributed by atoms with Crippen molar-refractivity contribution in [3.8, 4) is 0 Å². The minimum atomic E-state index is -0.201. The van der Waals surface area contributed by atoms with Gasteiger partial charge in [0.25, 0.3) is 0 Å². The quantitative estimate of drug-likeness (QED) is 0.738. The summed E-state index contributed by atoms with van der Waals surface area (Å²) < 4.78 is 13.5. The van der Waals surface area contributed by atoms with Gasteiger partial charge >= 0.3 is 0 Å². The number of aromatic nitrogens is 3. The van der Waals surface area contributed by atoms with Gasteiger partial charge in [-0.05, 0) is 24.3 Å². The summed E-state index contributed by atoms with van der Waals surface area (Å²) in [6, 6.07) is 6.69. The van der Waals surface area contributed by atoms with Crippen molar-refractivity contribution in [3.63, 3.8) is 0 Å². The highest BCUT2D eigenvalue weighted by Crippen LogP contribution is 2.29. The molecule has 0 fully saturated rings. The van der Waals surface area contributed by atoms with Crippen LogP contribution in [0.2, 0.25) is 0 Å². The molecule has 100 valence electrons. The van der Waals surface area contributed by atoms with Gasteiger partial charge < -0.3 is 9.88 Å². The third-order valence-corrected chi connectivity index (χ3v) is 3.77. The Bertz CT molecular complexity index is 766. The number of aromatic amines is 1. The van der Waals surface area contributed by atoms with E-state index in [-0.39, 0.29) is 5.82 Å². The van der Waals surface area contributed by atoms with Crippen molar-refractivity contribution >= 4 is 16.9 Å².